The molecule has 0 aliphatic heterocycles. The quantitative estimate of drug-likeness (QED) is 0.733. The highest BCUT2D eigenvalue weighted by atomic mass is 16.5. The molecule has 0 bridgehead atoms. The number of rotatable bonds is 6. The van der Waals surface area contributed by atoms with Crippen LogP contribution in [0, 0.1) is 6.92 Å². The molecular formula is C12H19NO4. The molecule has 0 radical (unpaired) electrons. The zero-order valence-electron chi connectivity index (χ0n) is 10.4. The number of hydrogen-bond acceptors (Lipinski definition) is 5. The van der Waals surface area contributed by atoms with E-state index in [2.05, 4.69) is 10.1 Å². The summed E-state index contributed by atoms with van der Waals surface area (Å²) in [6.45, 7) is 4.28. The molecule has 0 aromatic carbocycles. The Morgan fingerprint density at radius 2 is 2.35 bits per heavy atom. The summed E-state index contributed by atoms with van der Waals surface area (Å²) in [5.41, 5.74) is 0.446. The maximum absolute atomic E-state index is 11.4. The SMILES string of the molecule is CCC(CO)NCc1cc(C(=O)OC)c(C)o1. The molecule has 1 heterocycles. The van der Waals surface area contributed by atoms with E-state index < -0.39 is 5.97 Å². The minimum atomic E-state index is -0.397. The second-order valence-corrected chi connectivity index (χ2v) is 3.84. The van der Waals surface area contributed by atoms with Gasteiger partial charge in [0, 0.05) is 6.04 Å². The molecule has 0 saturated heterocycles. The van der Waals surface area contributed by atoms with Crippen molar-refractivity contribution in [1.29, 1.82) is 0 Å². The van der Waals surface area contributed by atoms with Crippen LogP contribution < -0.4 is 5.32 Å². The first kappa shape index (κ1) is 13.7. The summed E-state index contributed by atoms with van der Waals surface area (Å²) < 4.78 is 10.1. The van der Waals surface area contributed by atoms with E-state index in [1.165, 1.54) is 7.11 Å². The summed E-state index contributed by atoms with van der Waals surface area (Å²) in [6.07, 6.45) is 0.833. The van der Waals surface area contributed by atoms with Crippen LogP contribution in [0.15, 0.2) is 10.5 Å². The number of ether oxygens (including phenoxy) is 1. The maximum Gasteiger partial charge on any atom is 0.341 e. The summed E-state index contributed by atoms with van der Waals surface area (Å²) in [5, 5.41) is 12.2. The van der Waals surface area contributed by atoms with Crippen LogP contribution in [0.2, 0.25) is 0 Å². The Bertz CT molecular complexity index is 369. The largest absolute Gasteiger partial charge is 0.465 e. The average molecular weight is 241 g/mol. The molecule has 1 rings (SSSR count). The van der Waals surface area contributed by atoms with Gasteiger partial charge in [0.1, 0.15) is 17.1 Å². The van der Waals surface area contributed by atoms with Crippen molar-refractivity contribution in [2.24, 2.45) is 0 Å². The highest BCUT2D eigenvalue weighted by Gasteiger charge is 2.15. The van der Waals surface area contributed by atoms with E-state index in [1.807, 2.05) is 6.92 Å². The van der Waals surface area contributed by atoms with Crippen molar-refractivity contribution in [2.75, 3.05) is 13.7 Å². The van der Waals surface area contributed by atoms with Gasteiger partial charge in [0.15, 0.2) is 0 Å². The van der Waals surface area contributed by atoms with Crippen molar-refractivity contribution < 1.29 is 19.1 Å². The lowest BCUT2D eigenvalue weighted by atomic mass is 10.2. The third-order valence-corrected chi connectivity index (χ3v) is 2.65. The fourth-order valence-corrected chi connectivity index (χ4v) is 1.53. The smallest absolute Gasteiger partial charge is 0.341 e. The predicted molar refractivity (Wildman–Crippen MR) is 62.8 cm³/mol. The van der Waals surface area contributed by atoms with Gasteiger partial charge in [-0.25, -0.2) is 4.79 Å². The molecule has 2 N–H and O–H groups in total. The molecule has 1 aromatic rings. The van der Waals surface area contributed by atoms with Crippen LogP contribution in [0.25, 0.3) is 0 Å². The van der Waals surface area contributed by atoms with Crippen LogP contribution in [0.5, 0.6) is 0 Å². The second kappa shape index (κ2) is 6.42. The number of aliphatic hydroxyl groups excluding tert-OH is 1. The van der Waals surface area contributed by atoms with Gasteiger partial charge in [-0.1, -0.05) is 6.92 Å². The highest BCUT2D eigenvalue weighted by molar-refractivity contribution is 5.90. The molecule has 0 aliphatic carbocycles. The molecular weight excluding hydrogens is 222 g/mol. The van der Waals surface area contributed by atoms with E-state index in [0.717, 1.165) is 6.42 Å². The van der Waals surface area contributed by atoms with Gasteiger partial charge >= 0.3 is 5.97 Å². The summed E-state index contributed by atoms with van der Waals surface area (Å²) in [6, 6.07) is 1.71. The lowest BCUT2D eigenvalue weighted by molar-refractivity contribution is 0.0599. The third kappa shape index (κ3) is 3.57. The molecule has 0 saturated carbocycles. The lowest BCUT2D eigenvalue weighted by Gasteiger charge is -2.12. The topological polar surface area (TPSA) is 71.7 Å². The van der Waals surface area contributed by atoms with Crippen LogP contribution in [-0.4, -0.2) is 30.8 Å². The van der Waals surface area contributed by atoms with Crippen molar-refractivity contribution in [3.63, 3.8) is 0 Å². The zero-order valence-corrected chi connectivity index (χ0v) is 10.4. The molecule has 0 aliphatic rings. The first-order valence-corrected chi connectivity index (χ1v) is 5.64. The van der Waals surface area contributed by atoms with E-state index in [9.17, 15) is 4.79 Å². The Labute approximate surface area is 101 Å². The first-order valence-electron chi connectivity index (χ1n) is 5.64. The van der Waals surface area contributed by atoms with E-state index in [-0.39, 0.29) is 12.6 Å². The predicted octanol–water partition coefficient (Wildman–Crippen LogP) is 1.24. The van der Waals surface area contributed by atoms with E-state index in [4.69, 9.17) is 9.52 Å². The van der Waals surface area contributed by atoms with Gasteiger partial charge in [-0.15, -0.1) is 0 Å². The standard InChI is InChI=1S/C12H19NO4/c1-4-9(7-14)13-6-10-5-11(8(2)17-10)12(15)16-3/h5,9,13-14H,4,6-7H2,1-3H3. The number of aryl methyl sites for hydroxylation is 1. The molecule has 5 heteroatoms. The Kier molecular flexibility index (Phi) is 5.18. The lowest BCUT2D eigenvalue weighted by Crippen LogP contribution is -2.30. The molecule has 0 fully saturated rings. The van der Waals surface area contributed by atoms with Crippen LogP contribution in [0.1, 0.15) is 35.2 Å². The number of methoxy groups -OCH3 is 1. The molecule has 1 unspecified atom stereocenters. The van der Waals surface area contributed by atoms with Gasteiger partial charge < -0.3 is 19.6 Å². The number of carbonyl (C=O) groups excluding carboxylic acids is 1. The van der Waals surface area contributed by atoms with Gasteiger partial charge in [-0.05, 0) is 19.4 Å². The van der Waals surface area contributed by atoms with E-state index in [0.29, 0.717) is 23.6 Å². The molecule has 1 atom stereocenters. The van der Waals surface area contributed by atoms with E-state index in [1.54, 1.807) is 13.0 Å². The molecule has 1 aromatic heterocycles. The van der Waals surface area contributed by atoms with Crippen LogP contribution in [-0.2, 0) is 11.3 Å². The van der Waals surface area contributed by atoms with Crippen LogP contribution in [0.4, 0.5) is 0 Å². The zero-order chi connectivity index (χ0) is 12.8. The Morgan fingerprint density at radius 1 is 1.65 bits per heavy atom. The van der Waals surface area contributed by atoms with Crippen molar-refractivity contribution in [1.82, 2.24) is 5.32 Å². The second-order valence-electron chi connectivity index (χ2n) is 3.84. The number of esters is 1. The number of carbonyl (C=O) groups is 1. The Hall–Kier alpha value is -1.33. The number of aliphatic hydroxyl groups is 1. The monoisotopic (exact) mass is 241 g/mol. The van der Waals surface area contributed by atoms with E-state index >= 15 is 0 Å². The highest BCUT2D eigenvalue weighted by Crippen LogP contribution is 2.15. The minimum Gasteiger partial charge on any atom is -0.465 e. The van der Waals surface area contributed by atoms with Crippen LogP contribution in [0.3, 0.4) is 0 Å². The van der Waals surface area contributed by atoms with Crippen molar-refractivity contribution in [3.8, 4) is 0 Å². The number of nitrogens with one attached hydrogen (secondary N) is 1. The first-order chi connectivity index (χ1) is 8.12. The molecule has 0 spiro atoms. The Morgan fingerprint density at radius 3 is 2.88 bits per heavy atom. The van der Waals surface area contributed by atoms with Crippen molar-refractivity contribution in [2.45, 2.75) is 32.9 Å². The van der Waals surface area contributed by atoms with Crippen molar-refractivity contribution >= 4 is 5.97 Å². The number of hydrogen-bond donors (Lipinski definition) is 2. The fraction of sp³-hybridized carbons (Fsp3) is 0.583. The summed E-state index contributed by atoms with van der Waals surface area (Å²) in [5.74, 6) is 0.812. The van der Waals surface area contributed by atoms with Gasteiger partial charge in [-0.2, -0.15) is 0 Å². The van der Waals surface area contributed by atoms with Crippen LogP contribution >= 0.6 is 0 Å². The normalized spacial score (nSPS) is 12.5. The summed E-state index contributed by atoms with van der Waals surface area (Å²) in [7, 11) is 1.34. The minimum absolute atomic E-state index is 0.0435. The van der Waals surface area contributed by atoms with Gasteiger partial charge in [0.05, 0.1) is 20.3 Å². The molecule has 17 heavy (non-hydrogen) atoms. The molecule has 96 valence electrons. The maximum atomic E-state index is 11.4. The fourth-order valence-electron chi connectivity index (χ4n) is 1.53. The average Bonchev–Trinajstić information content (AvgIpc) is 2.71. The van der Waals surface area contributed by atoms with Crippen molar-refractivity contribution in [3.05, 3.63) is 23.2 Å². The Balaban J connectivity index is 2.64. The molecule has 5 nitrogen and oxygen atoms in total. The summed E-state index contributed by atoms with van der Waals surface area (Å²) >= 11 is 0. The third-order valence-electron chi connectivity index (χ3n) is 2.65. The number of furan rings is 1. The summed E-state index contributed by atoms with van der Waals surface area (Å²) in [4.78, 5) is 11.4. The molecule has 0 amide bonds. The van der Waals surface area contributed by atoms with Gasteiger partial charge in [0.2, 0.25) is 0 Å². The van der Waals surface area contributed by atoms with Gasteiger partial charge in [0.25, 0.3) is 0 Å². The van der Waals surface area contributed by atoms with Gasteiger partial charge in [-0.3, -0.25) is 0 Å².